The first-order valence-corrected chi connectivity index (χ1v) is 6.37. The maximum atomic E-state index is 13.4. The Bertz CT molecular complexity index is 629. The van der Waals surface area contributed by atoms with Crippen LogP contribution >= 0.6 is 0 Å². The number of halogens is 1. The molecule has 0 heterocycles. The number of carbonyl (C=O) groups excluding carboxylic acids is 1. The summed E-state index contributed by atoms with van der Waals surface area (Å²) in [5.41, 5.74) is 4.22. The first-order valence-electron chi connectivity index (χ1n) is 4.93. The number of aromatic carboxylic acids is 1. The van der Waals surface area contributed by atoms with Crippen LogP contribution in [0.4, 0.5) is 4.39 Å². The van der Waals surface area contributed by atoms with Crippen LogP contribution in [0, 0.1) is 5.82 Å². The van der Waals surface area contributed by atoms with Gasteiger partial charge in [0.15, 0.2) is 0 Å². The number of nitrogens with two attached hydrogens (primary N) is 1. The molecule has 0 saturated carbocycles. The normalized spacial score (nSPS) is 11.5. The van der Waals surface area contributed by atoms with Crippen molar-refractivity contribution in [1.82, 2.24) is 4.31 Å². The lowest BCUT2D eigenvalue weighted by molar-refractivity contribution is -0.118. The van der Waals surface area contributed by atoms with Gasteiger partial charge in [0.1, 0.15) is 5.82 Å². The molecule has 1 aromatic rings. The summed E-state index contributed by atoms with van der Waals surface area (Å²) in [4.78, 5) is 20.8. The molecule has 3 N–H and O–H groups in total. The fourth-order valence-electron chi connectivity index (χ4n) is 1.31. The van der Waals surface area contributed by atoms with Gasteiger partial charge in [0.05, 0.1) is 17.0 Å². The Morgan fingerprint density at radius 2 is 2.00 bits per heavy atom. The number of likely N-dealkylation sites (N-methyl/N-ethyl adjacent to an activating group) is 1. The van der Waals surface area contributed by atoms with Crippen LogP contribution in [0.5, 0.6) is 0 Å². The molecular formula is C10H11FN2O5S. The number of carboxylic acids is 1. The van der Waals surface area contributed by atoms with Gasteiger partial charge in [-0.05, 0) is 18.2 Å². The van der Waals surface area contributed by atoms with Crippen LogP contribution in [0.3, 0.4) is 0 Å². The minimum Gasteiger partial charge on any atom is -0.478 e. The van der Waals surface area contributed by atoms with Crippen LogP contribution in [-0.4, -0.2) is 43.3 Å². The summed E-state index contributed by atoms with van der Waals surface area (Å²) in [5.74, 6) is -3.55. The second-order valence-corrected chi connectivity index (χ2v) is 5.72. The number of hydrogen-bond donors (Lipinski definition) is 2. The van der Waals surface area contributed by atoms with Gasteiger partial charge in [-0.1, -0.05) is 0 Å². The number of rotatable bonds is 5. The maximum absolute atomic E-state index is 13.4. The van der Waals surface area contributed by atoms with Crippen molar-refractivity contribution in [3.8, 4) is 0 Å². The molecule has 1 amide bonds. The Labute approximate surface area is 108 Å². The van der Waals surface area contributed by atoms with Crippen molar-refractivity contribution >= 4 is 21.9 Å². The molecule has 7 nitrogen and oxygen atoms in total. The Morgan fingerprint density at radius 1 is 1.42 bits per heavy atom. The number of benzene rings is 1. The smallest absolute Gasteiger partial charge is 0.338 e. The summed E-state index contributed by atoms with van der Waals surface area (Å²) in [6.45, 7) is -0.565. The van der Waals surface area contributed by atoms with Gasteiger partial charge in [-0.2, -0.15) is 4.31 Å². The van der Waals surface area contributed by atoms with Crippen molar-refractivity contribution in [2.45, 2.75) is 4.90 Å². The molecule has 0 aliphatic rings. The van der Waals surface area contributed by atoms with Crippen LogP contribution in [0.15, 0.2) is 23.1 Å². The molecule has 0 aliphatic heterocycles. The van der Waals surface area contributed by atoms with Crippen molar-refractivity contribution in [2.24, 2.45) is 5.73 Å². The van der Waals surface area contributed by atoms with Crippen LogP contribution in [0.1, 0.15) is 10.4 Å². The topological polar surface area (TPSA) is 118 Å². The third kappa shape index (κ3) is 3.26. The molecule has 1 rings (SSSR count). The maximum Gasteiger partial charge on any atom is 0.338 e. The molecule has 0 saturated heterocycles. The Balaban J connectivity index is 3.20. The minimum atomic E-state index is -4.10. The molecule has 9 heteroatoms. The predicted octanol–water partition coefficient (Wildman–Crippen LogP) is -0.370. The fourth-order valence-corrected chi connectivity index (χ4v) is 2.46. The molecule has 19 heavy (non-hydrogen) atoms. The van der Waals surface area contributed by atoms with E-state index in [1.54, 1.807) is 0 Å². The highest BCUT2D eigenvalue weighted by atomic mass is 32.2. The van der Waals surface area contributed by atoms with Crippen molar-refractivity contribution < 1.29 is 27.5 Å². The second-order valence-electron chi connectivity index (χ2n) is 3.67. The predicted molar refractivity (Wildman–Crippen MR) is 62.4 cm³/mol. The Morgan fingerprint density at radius 3 is 2.42 bits per heavy atom. The highest BCUT2D eigenvalue weighted by molar-refractivity contribution is 7.89. The number of nitrogens with zero attached hydrogens (tertiary/aromatic N) is 1. The zero-order valence-electron chi connectivity index (χ0n) is 9.83. The molecule has 0 atom stereocenters. The number of carbonyl (C=O) groups is 2. The van der Waals surface area contributed by atoms with Crippen molar-refractivity contribution in [1.29, 1.82) is 0 Å². The van der Waals surface area contributed by atoms with Crippen molar-refractivity contribution in [2.75, 3.05) is 13.6 Å². The molecular weight excluding hydrogens is 279 g/mol. The molecule has 0 spiro atoms. The van der Waals surface area contributed by atoms with Gasteiger partial charge in [-0.15, -0.1) is 0 Å². The van der Waals surface area contributed by atoms with E-state index < -0.39 is 44.7 Å². The summed E-state index contributed by atoms with van der Waals surface area (Å²) in [7, 11) is -3.00. The standard InChI is InChI=1S/C10H11FN2O5S/c1-13(5-9(12)14)19(17,18)6-2-3-7(10(15)16)8(11)4-6/h2-4H,5H2,1H3,(H2,12,14)(H,15,16). The van der Waals surface area contributed by atoms with E-state index in [-0.39, 0.29) is 0 Å². The monoisotopic (exact) mass is 290 g/mol. The number of hydrogen-bond acceptors (Lipinski definition) is 4. The lowest BCUT2D eigenvalue weighted by Gasteiger charge is -2.15. The molecule has 0 aliphatic carbocycles. The molecule has 1 aromatic carbocycles. The highest BCUT2D eigenvalue weighted by Crippen LogP contribution is 2.18. The van der Waals surface area contributed by atoms with Crippen LogP contribution in [0.25, 0.3) is 0 Å². The fraction of sp³-hybridized carbons (Fsp3) is 0.200. The molecule has 0 fully saturated rings. The molecule has 0 unspecified atom stereocenters. The van der Waals surface area contributed by atoms with Gasteiger partial charge in [-0.25, -0.2) is 17.6 Å². The van der Waals surface area contributed by atoms with E-state index in [9.17, 15) is 22.4 Å². The van der Waals surface area contributed by atoms with E-state index in [0.717, 1.165) is 19.2 Å². The van der Waals surface area contributed by atoms with Gasteiger partial charge >= 0.3 is 5.97 Å². The second kappa shape index (κ2) is 5.33. The number of sulfonamides is 1. The third-order valence-corrected chi connectivity index (χ3v) is 4.06. The Kier molecular flexibility index (Phi) is 4.22. The average molecular weight is 290 g/mol. The lowest BCUT2D eigenvalue weighted by atomic mass is 10.2. The van der Waals surface area contributed by atoms with Crippen LogP contribution in [0.2, 0.25) is 0 Å². The highest BCUT2D eigenvalue weighted by Gasteiger charge is 2.24. The van der Waals surface area contributed by atoms with Gasteiger partial charge in [0.25, 0.3) is 0 Å². The van der Waals surface area contributed by atoms with Gasteiger partial charge in [-0.3, -0.25) is 4.79 Å². The first kappa shape index (κ1) is 15.1. The van der Waals surface area contributed by atoms with E-state index >= 15 is 0 Å². The molecule has 0 aromatic heterocycles. The van der Waals surface area contributed by atoms with Crippen molar-refractivity contribution in [3.63, 3.8) is 0 Å². The number of carboxylic acid groups (broad SMARTS) is 1. The number of amides is 1. The van der Waals surface area contributed by atoms with Gasteiger partial charge in [0, 0.05) is 7.05 Å². The van der Waals surface area contributed by atoms with E-state index in [1.807, 2.05) is 0 Å². The first-order chi connectivity index (χ1) is 8.66. The summed E-state index contributed by atoms with van der Waals surface area (Å²) in [5, 5.41) is 8.63. The molecule has 0 bridgehead atoms. The quantitative estimate of drug-likeness (QED) is 0.767. The molecule has 0 radical (unpaired) electrons. The van der Waals surface area contributed by atoms with E-state index in [0.29, 0.717) is 10.4 Å². The van der Waals surface area contributed by atoms with Crippen LogP contribution in [-0.2, 0) is 14.8 Å². The van der Waals surface area contributed by atoms with Crippen LogP contribution < -0.4 is 5.73 Å². The summed E-state index contributed by atoms with van der Waals surface area (Å²) >= 11 is 0. The summed E-state index contributed by atoms with van der Waals surface area (Å²) in [6.07, 6.45) is 0. The zero-order chi connectivity index (χ0) is 14.8. The summed E-state index contributed by atoms with van der Waals surface area (Å²) < 4.78 is 37.9. The SMILES string of the molecule is CN(CC(N)=O)S(=O)(=O)c1ccc(C(=O)O)c(F)c1. The largest absolute Gasteiger partial charge is 0.478 e. The third-order valence-electron chi connectivity index (χ3n) is 2.26. The number of primary amides is 1. The van der Waals surface area contributed by atoms with Gasteiger partial charge in [0.2, 0.25) is 15.9 Å². The average Bonchev–Trinajstić information content (AvgIpc) is 2.27. The lowest BCUT2D eigenvalue weighted by Crippen LogP contribution is -2.35. The van der Waals surface area contributed by atoms with Crippen molar-refractivity contribution in [3.05, 3.63) is 29.6 Å². The van der Waals surface area contributed by atoms with Gasteiger partial charge < -0.3 is 10.8 Å². The summed E-state index contributed by atoms with van der Waals surface area (Å²) in [6, 6.07) is 2.36. The molecule has 104 valence electrons. The zero-order valence-corrected chi connectivity index (χ0v) is 10.6. The van der Waals surface area contributed by atoms with E-state index in [1.165, 1.54) is 0 Å². The Hall–Kier alpha value is -2.00. The van der Waals surface area contributed by atoms with E-state index in [2.05, 4.69) is 0 Å². The minimum absolute atomic E-state index is 0.459. The van der Waals surface area contributed by atoms with E-state index in [4.69, 9.17) is 10.8 Å².